The molecule has 0 bridgehead atoms. The second-order valence-corrected chi connectivity index (χ2v) is 8.94. The third-order valence-electron chi connectivity index (χ3n) is 5.75. The number of fused-ring (bicyclic) bond motifs is 2. The van der Waals surface area contributed by atoms with Gasteiger partial charge in [0.2, 0.25) is 5.65 Å². The summed E-state index contributed by atoms with van der Waals surface area (Å²) in [6, 6.07) is 4.68. The molecule has 0 unspecified atom stereocenters. The molecule has 1 aliphatic rings. The van der Waals surface area contributed by atoms with Gasteiger partial charge in [0, 0.05) is 39.1 Å². The SMILES string of the molecule is c1cc2sc(Cn3nnc4ncc(-c5cnn(C6CCCCC6)c5)nc43)cc2cn1. The highest BCUT2D eigenvalue weighted by Crippen LogP contribution is 2.29. The summed E-state index contributed by atoms with van der Waals surface area (Å²) in [6.45, 7) is 0.606. The van der Waals surface area contributed by atoms with Crippen molar-refractivity contribution >= 4 is 32.7 Å². The van der Waals surface area contributed by atoms with E-state index < -0.39 is 0 Å². The van der Waals surface area contributed by atoms with Gasteiger partial charge in [0.25, 0.3) is 0 Å². The lowest BCUT2D eigenvalue weighted by Gasteiger charge is -2.21. The van der Waals surface area contributed by atoms with Gasteiger partial charge in [0.05, 0.1) is 30.7 Å². The molecule has 1 aliphatic carbocycles. The molecule has 30 heavy (non-hydrogen) atoms. The number of pyridine rings is 1. The molecule has 0 N–H and O–H groups in total. The summed E-state index contributed by atoms with van der Waals surface area (Å²) in [5.41, 5.74) is 3.03. The highest BCUT2D eigenvalue weighted by Gasteiger charge is 2.17. The van der Waals surface area contributed by atoms with Gasteiger partial charge in [-0.3, -0.25) is 9.67 Å². The maximum Gasteiger partial charge on any atom is 0.221 e. The molecule has 0 amide bonds. The first-order valence-electron chi connectivity index (χ1n) is 10.3. The molecule has 5 aromatic heterocycles. The Balaban J connectivity index is 1.32. The first kappa shape index (κ1) is 17.6. The third kappa shape index (κ3) is 3.15. The molecule has 5 aromatic rings. The van der Waals surface area contributed by atoms with Crippen LogP contribution in [-0.2, 0) is 6.54 Å². The van der Waals surface area contributed by atoms with Crippen LogP contribution in [0.4, 0.5) is 0 Å². The molecular formula is C21H20N8S. The summed E-state index contributed by atoms with van der Waals surface area (Å²) < 4.78 is 5.13. The van der Waals surface area contributed by atoms with Crippen molar-refractivity contribution in [2.24, 2.45) is 0 Å². The van der Waals surface area contributed by atoms with E-state index in [2.05, 4.69) is 42.3 Å². The summed E-state index contributed by atoms with van der Waals surface area (Å²) in [5.74, 6) is 0. The molecular weight excluding hydrogens is 396 g/mol. The Morgan fingerprint density at radius 2 is 2.03 bits per heavy atom. The average Bonchev–Trinajstić information content (AvgIpc) is 3.52. The standard InChI is InChI=1S/C21H20N8S/c1-2-4-16(5-3-1)28-12-15(10-24-28)18-11-23-20-21(25-18)29(27-26-20)13-17-8-14-9-22-7-6-19(14)30-17/h6-12,16H,1-5,13H2. The number of thiophene rings is 1. The van der Waals surface area contributed by atoms with E-state index in [9.17, 15) is 0 Å². The number of aromatic nitrogens is 8. The first-order chi connectivity index (χ1) is 14.8. The molecule has 0 spiro atoms. The molecule has 9 heteroatoms. The number of hydrogen-bond donors (Lipinski definition) is 0. The van der Waals surface area contributed by atoms with E-state index in [1.807, 2.05) is 29.3 Å². The van der Waals surface area contributed by atoms with Gasteiger partial charge in [0.15, 0.2) is 5.65 Å². The molecule has 8 nitrogen and oxygen atoms in total. The lowest BCUT2D eigenvalue weighted by atomic mass is 9.96. The smallest absolute Gasteiger partial charge is 0.221 e. The van der Waals surface area contributed by atoms with Crippen LogP contribution in [0.5, 0.6) is 0 Å². The Kier molecular flexibility index (Phi) is 4.26. The quantitative estimate of drug-likeness (QED) is 0.435. The van der Waals surface area contributed by atoms with Crippen LogP contribution in [0, 0.1) is 0 Å². The normalized spacial score (nSPS) is 15.3. The van der Waals surface area contributed by atoms with Gasteiger partial charge in [-0.1, -0.05) is 24.5 Å². The van der Waals surface area contributed by atoms with Crippen LogP contribution >= 0.6 is 11.3 Å². The molecule has 0 aromatic carbocycles. The van der Waals surface area contributed by atoms with Crippen molar-refractivity contribution in [3.8, 4) is 11.3 Å². The summed E-state index contributed by atoms with van der Waals surface area (Å²) in [7, 11) is 0. The van der Waals surface area contributed by atoms with E-state index in [0.29, 0.717) is 23.9 Å². The van der Waals surface area contributed by atoms with Gasteiger partial charge in [0.1, 0.15) is 0 Å². The van der Waals surface area contributed by atoms with Crippen molar-refractivity contribution in [1.29, 1.82) is 0 Å². The summed E-state index contributed by atoms with van der Waals surface area (Å²) in [4.78, 5) is 14.7. The second kappa shape index (κ2) is 7.24. The second-order valence-electron chi connectivity index (χ2n) is 7.78. The van der Waals surface area contributed by atoms with Crippen LogP contribution in [0.1, 0.15) is 43.0 Å². The highest BCUT2D eigenvalue weighted by atomic mass is 32.1. The minimum absolute atomic E-state index is 0.499. The van der Waals surface area contributed by atoms with Crippen LogP contribution in [0.25, 0.3) is 32.6 Å². The minimum Gasteiger partial charge on any atom is -0.269 e. The number of nitrogens with zero attached hydrogens (tertiary/aromatic N) is 8. The number of hydrogen-bond acceptors (Lipinski definition) is 7. The monoisotopic (exact) mass is 416 g/mol. The van der Waals surface area contributed by atoms with Crippen molar-refractivity contribution in [1.82, 2.24) is 39.7 Å². The zero-order chi connectivity index (χ0) is 19.9. The fourth-order valence-electron chi connectivity index (χ4n) is 4.18. The minimum atomic E-state index is 0.499. The molecule has 1 fully saturated rings. The Morgan fingerprint density at radius 3 is 2.93 bits per heavy atom. The maximum atomic E-state index is 4.83. The summed E-state index contributed by atoms with van der Waals surface area (Å²) in [5, 5.41) is 14.2. The van der Waals surface area contributed by atoms with Gasteiger partial charge in [-0.2, -0.15) is 5.10 Å². The van der Waals surface area contributed by atoms with E-state index in [4.69, 9.17) is 4.98 Å². The summed E-state index contributed by atoms with van der Waals surface area (Å²) >= 11 is 1.73. The average molecular weight is 417 g/mol. The Morgan fingerprint density at radius 1 is 1.10 bits per heavy atom. The van der Waals surface area contributed by atoms with Crippen molar-refractivity contribution in [2.75, 3.05) is 0 Å². The largest absolute Gasteiger partial charge is 0.269 e. The lowest BCUT2D eigenvalue weighted by molar-refractivity contribution is 0.329. The van der Waals surface area contributed by atoms with Gasteiger partial charge < -0.3 is 0 Å². The fraction of sp³-hybridized carbons (Fsp3) is 0.333. The van der Waals surface area contributed by atoms with E-state index >= 15 is 0 Å². The van der Waals surface area contributed by atoms with E-state index in [1.165, 1.54) is 41.7 Å². The van der Waals surface area contributed by atoms with Crippen LogP contribution in [0.15, 0.2) is 43.1 Å². The van der Waals surface area contributed by atoms with E-state index in [0.717, 1.165) is 16.6 Å². The Hall–Kier alpha value is -3.20. The molecule has 0 aliphatic heterocycles. The topological polar surface area (TPSA) is 87.2 Å². The van der Waals surface area contributed by atoms with Gasteiger partial charge in [-0.25, -0.2) is 14.6 Å². The van der Waals surface area contributed by atoms with Crippen molar-refractivity contribution in [3.05, 3.63) is 48.0 Å². The molecule has 0 atom stereocenters. The van der Waals surface area contributed by atoms with E-state index in [1.54, 1.807) is 17.5 Å². The van der Waals surface area contributed by atoms with Crippen LogP contribution < -0.4 is 0 Å². The lowest BCUT2D eigenvalue weighted by Crippen LogP contribution is -2.12. The van der Waals surface area contributed by atoms with Crippen LogP contribution in [0.3, 0.4) is 0 Å². The summed E-state index contributed by atoms with van der Waals surface area (Å²) in [6.07, 6.45) is 15.7. The van der Waals surface area contributed by atoms with E-state index in [-0.39, 0.29) is 0 Å². The molecule has 0 saturated heterocycles. The number of rotatable bonds is 4. The predicted molar refractivity (Wildman–Crippen MR) is 115 cm³/mol. The predicted octanol–water partition coefficient (Wildman–Crippen LogP) is 4.25. The van der Waals surface area contributed by atoms with Gasteiger partial charge >= 0.3 is 0 Å². The Labute approximate surface area is 176 Å². The highest BCUT2D eigenvalue weighted by molar-refractivity contribution is 7.19. The van der Waals surface area contributed by atoms with Crippen molar-refractivity contribution in [2.45, 2.75) is 44.7 Å². The maximum absolute atomic E-state index is 4.83. The van der Waals surface area contributed by atoms with Gasteiger partial charge in [-0.15, -0.1) is 16.4 Å². The zero-order valence-corrected chi connectivity index (χ0v) is 17.2. The zero-order valence-electron chi connectivity index (χ0n) is 16.3. The van der Waals surface area contributed by atoms with Gasteiger partial charge in [-0.05, 0) is 25.0 Å². The van der Waals surface area contributed by atoms with Crippen molar-refractivity contribution < 1.29 is 0 Å². The van der Waals surface area contributed by atoms with Crippen molar-refractivity contribution in [3.63, 3.8) is 0 Å². The third-order valence-corrected chi connectivity index (χ3v) is 6.85. The Bertz CT molecular complexity index is 1290. The van der Waals surface area contributed by atoms with Crippen LogP contribution in [0.2, 0.25) is 0 Å². The first-order valence-corrected chi connectivity index (χ1v) is 11.1. The molecule has 150 valence electrons. The fourth-order valence-corrected chi connectivity index (χ4v) is 5.20. The molecule has 5 heterocycles. The molecule has 0 radical (unpaired) electrons. The van der Waals surface area contributed by atoms with Crippen LogP contribution in [-0.4, -0.2) is 39.7 Å². The molecule has 6 rings (SSSR count). The molecule has 1 saturated carbocycles.